The highest BCUT2D eigenvalue weighted by Crippen LogP contribution is 2.43. The molecular weight excluding hydrogens is 798 g/mol. The van der Waals surface area contributed by atoms with E-state index in [1.807, 2.05) is 21.1 Å². The second-order valence-corrected chi connectivity index (χ2v) is 20.0. The fourth-order valence-corrected chi connectivity index (χ4v) is 7.88. The van der Waals surface area contributed by atoms with E-state index in [0.717, 1.165) is 57.8 Å². The number of carbonyl (C=O) groups excluding carboxylic acids is 2. The van der Waals surface area contributed by atoms with Crippen molar-refractivity contribution in [1.29, 1.82) is 0 Å². The fourth-order valence-electron chi connectivity index (χ4n) is 7.14. The largest absolute Gasteiger partial charge is 0.472 e. The Kier molecular flexibility index (Phi) is 43.2. The molecule has 0 aromatic heterocycles. The van der Waals surface area contributed by atoms with Gasteiger partial charge < -0.3 is 18.9 Å². The Labute approximate surface area is 382 Å². The number of carbonyl (C=O) groups is 2. The van der Waals surface area contributed by atoms with E-state index < -0.39 is 26.5 Å². The number of phosphoric ester groups is 1. The lowest BCUT2D eigenvalue weighted by Crippen LogP contribution is -2.37. The average molecular weight is 897 g/mol. The van der Waals surface area contributed by atoms with Gasteiger partial charge >= 0.3 is 19.8 Å². The molecule has 0 saturated heterocycles. The Morgan fingerprint density at radius 2 is 0.871 bits per heavy atom. The molecule has 9 nitrogen and oxygen atoms in total. The molecule has 0 amide bonds. The lowest BCUT2D eigenvalue weighted by molar-refractivity contribution is -0.870. The molecule has 0 aromatic carbocycles. The summed E-state index contributed by atoms with van der Waals surface area (Å²) in [7, 11) is 1.48. The summed E-state index contributed by atoms with van der Waals surface area (Å²) >= 11 is 0. The third-order valence-corrected chi connectivity index (χ3v) is 12.2. The van der Waals surface area contributed by atoms with E-state index in [-0.39, 0.29) is 25.6 Å². The minimum Gasteiger partial charge on any atom is -0.462 e. The molecule has 0 aromatic rings. The highest BCUT2D eigenvalue weighted by molar-refractivity contribution is 7.47. The molecule has 0 aliphatic rings. The zero-order chi connectivity index (χ0) is 45.7. The van der Waals surface area contributed by atoms with E-state index in [0.29, 0.717) is 23.9 Å². The SMILES string of the molecule is CCCCCCC/C=C\C/C=C\C/C=C\CCCCCCCCCCC(=O)OC(COC(=O)CCCCCCCCCCCCCCCCC)COP(=O)(O)OCC[N+](C)(C)C. The molecule has 0 heterocycles. The van der Waals surface area contributed by atoms with Crippen molar-refractivity contribution in [1.82, 2.24) is 0 Å². The molecule has 10 heteroatoms. The number of esters is 2. The molecule has 0 spiro atoms. The molecule has 0 aliphatic carbocycles. The zero-order valence-electron chi connectivity index (χ0n) is 41.1. The number of unbranched alkanes of at least 4 members (excludes halogenated alkanes) is 27. The normalized spacial score (nSPS) is 13.7. The Morgan fingerprint density at radius 3 is 1.29 bits per heavy atom. The highest BCUT2D eigenvalue weighted by Gasteiger charge is 2.27. The van der Waals surface area contributed by atoms with Gasteiger partial charge in [-0.25, -0.2) is 4.57 Å². The summed E-state index contributed by atoms with van der Waals surface area (Å²) in [5.41, 5.74) is 0. The van der Waals surface area contributed by atoms with Crippen molar-refractivity contribution in [2.45, 2.75) is 238 Å². The molecule has 0 radical (unpaired) electrons. The quantitative estimate of drug-likeness (QED) is 0.0212. The van der Waals surface area contributed by atoms with Crippen LogP contribution < -0.4 is 0 Å². The van der Waals surface area contributed by atoms with Crippen LogP contribution in [0.3, 0.4) is 0 Å². The van der Waals surface area contributed by atoms with E-state index in [1.54, 1.807) is 0 Å². The Hall–Kier alpha value is -1.77. The predicted molar refractivity (Wildman–Crippen MR) is 261 cm³/mol. The van der Waals surface area contributed by atoms with Crippen molar-refractivity contribution < 1.29 is 42.1 Å². The maximum atomic E-state index is 12.8. The van der Waals surface area contributed by atoms with Gasteiger partial charge in [0.25, 0.3) is 0 Å². The molecule has 0 fully saturated rings. The summed E-state index contributed by atoms with van der Waals surface area (Å²) in [6, 6.07) is 0. The number of nitrogens with zero attached hydrogens (tertiary/aromatic N) is 1. The summed E-state index contributed by atoms with van der Waals surface area (Å²) < 4.78 is 34.4. The maximum Gasteiger partial charge on any atom is 0.472 e. The van der Waals surface area contributed by atoms with E-state index in [4.69, 9.17) is 18.5 Å². The van der Waals surface area contributed by atoms with Crippen LogP contribution in [0.2, 0.25) is 0 Å². The van der Waals surface area contributed by atoms with Gasteiger partial charge in [0.05, 0.1) is 27.7 Å². The second-order valence-electron chi connectivity index (χ2n) is 18.6. The minimum absolute atomic E-state index is 0.0311. The van der Waals surface area contributed by atoms with Gasteiger partial charge in [-0.05, 0) is 51.4 Å². The van der Waals surface area contributed by atoms with Crippen molar-refractivity contribution in [3.05, 3.63) is 36.5 Å². The van der Waals surface area contributed by atoms with Crippen LogP contribution >= 0.6 is 7.82 Å². The van der Waals surface area contributed by atoms with Crippen molar-refractivity contribution in [2.75, 3.05) is 47.5 Å². The van der Waals surface area contributed by atoms with Crippen molar-refractivity contribution in [3.8, 4) is 0 Å². The smallest absolute Gasteiger partial charge is 0.462 e. The number of allylic oxidation sites excluding steroid dienone is 6. The lowest BCUT2D eigenvalue weighted by atomic mass is 10.0. The first-order valence-electron chi connectivity index (χ1n) is 25.7. The first-order valence-corrected chi connectivity index (χ1v) is 27.2. The second kappa shape index (κ2) is 44.4. The Bertz CT molecular complexity index is 1150. The standard InChI is InChI=1S/C52H98NO8P/c1-6-8-10-12-14-16-18-20-22-23-24-25-26-27-28-29-31-33-35-37-39-41-43-45-52(55)61-50(49-60-62(56,57)59-47-46-53(3,4)5)48-58-51(54)44-42-40-38-36-34-32-30-21-19-17-15-13-11-9-7-2/h18,20,23-24,26-27,50H,6-17,19,21-22,25,28-49H2,1-5H3/p+1/b20-18-,24-23-,27-26-. The van der Waals surface area contributed by atoms with Crippen molar-refractivity contribution >= 4 is 19.8 Å². The van der Waals surface area contributed by atoms with Gasteiger partial charge in [-0.3, -0.25) is 18.6 Å². The van der Waals surface area contributed by atoms with Crippen molar-refractivity contribution in [3.63, 3.8) is 0 Å². The van der Waals surface area contributed by atoms with Crippen LogP contribution in [0.25, 0.3) is 0 Å². The summed E-state index contributed by atoms with van der Waals surface area (Å²) in [5, 5.41) is 0. The van der Waals surface area contributed by atoms with E-state index in [9.17, 15) is 19.0 Å². The fraction of sp³-hybridized carbons (Fsp3) is 0.846. The molecular formula is C52H99NO8P+. The summed E-state index contributed by atoms with van der Waals surface area (Å²) in [6.45, 7) is 4.43. The van der Waals surface area contributed by atoms with E-state index >= 15 is 0 Å². The first-order chi connectivity index (χ1) is 30.0. The van der Waals surface area contributed by atoms with Crippen LogP contribution in [0.15, 0.2) is 36.5 Å². The molecule has 0 aliphatic heterocycles. The average Bonchev–Trinajstić information content (AvgIpc) is 3.23. The summed E-state index contributed by atoms with van der Waals surface area (Å²) in [6.07, 6.45) is 51.9. The number of rotatable bonds is 47. The number of hydrogen-bond acceptors (Lipinski definition) is 7. The lowest BCUT2D eigenvalue weighted by Gasteiger charge is -2.24. The van der Waals surface area contributed by atoms with E-state index in [2.05, 4.69) is 50.3 Å². The van der Waals surface area contributed by atoms with E-state index in [1.165, 1.54) is 141 Å². The molecule has 1 N–H and O–H groups in total. The third kappa shape index (κ3) is 47.7. The molecule has 364 valence electrons. The van der Waals surface area contributed by atoms with Crippen LogP contribution in [-0.4, -0.2) is 74.9 Å². The van der Waals surface area contributed by atoms with Crippen LogP contribution in [0.1, 0.15) is 232 Å². The molecule has 0 saturated carbocycles. The molecule has 0 bridgehead atoms. The number of hydrogen-bond donors (Lipinski definition) is 1. The van der Waals surface area contributed by atoms with Gasteiger partial charge in [-0.1, -0.05) is 204 Å². The third-order valence-electron chi connectivity index (χ3n) is 11.2. The Balaban J connectivity index is 4.25. The van der Waals surface area contributed by atoms with Gasteiger partial charge in [-0.15, -0.1) is 0 Å². The minimum atomic E-state index is -4.38. The molecule has 2 atom stereocenters. The predicted octanol–water partition coefficient (Wildman–Crippen LogP) is 15.3. The number of phosphoric acid groups is 1. The van der Waals surface area contributed by atoms with Gasteiger partial charge in [0.1, 0.15) is 19.8 Å². The van der Waals surface area contributed by atoms with Crippen LogP contribution in [-0.2, 0) is 32.7 Å². The monoisotopic (exact) mass is 897 g/mol. The van der Waals surface area contributed by atoms with Crippen LogP contribution in [0.5, 0.6) is 0 Å². The molecule has 62 heavy (non-hydrogen) atoms. The van der Waals surface area contributed by atoms with Gasteiger partial charge in [0, 0.05) is 12.8 Å². The highest BCUT2D eigenvalue weighted by atomic mass is 31.2. The maximum absolute atomic E-state index is 12.8. The Morgan fingerprint density at radius 1 is 0.500 bits per heavy atom. The first kappa shape index (κ1) is 60.2. The number of ether oxygens (including phenoxy) is 2. The van der Waals surface area contributed by atoms with Gasteiger partial charge in [0.2, 0.25) is 0 Å². The van der Waals surface area contributed by atoms with Gasteiger partial charge in [-0.2, -0.15) is 0 Å². The summed E-state index contributed by atoms with van der Waals surface area (Å²) in [4.78, 5) is 35.5. The molecule has 2 unspecified atom stereocenters. The van der Waals surface area contributed by atoms with Gasteiger partial charge in [0.15, 0.2) is 6.10 Å². The zero-order valence-corrected chi connectivity index (χ0v) is 42.0. The topological polar surface area (TPSA) is 108 Å². The number of quaternary nitrogens is 1. The van der Waals surface area contributed by atoms with Crippen molar-refractivity contribution in [2.24, 2.45) is 0 Å². The number of likely N-dealkylation sites (N-methyl/N-ethyl adjacent to an activating group) is 1. The summed E-state index contributed by atoms with van der Waals surface area (Å²) in [5.74, 6) is -0.798. The van der Waals surface area contributed by atoms with Crippen LogP contribution in [0, 0.1) is 0 Å². The molecule has 0 rings (SSSR count). The van der Waals surface area contributed by atoms with Crippen LogP contribution in [0.4, 0.5) is 0 Å².